The summed E-state index contributed by atoms with van der Waals surface area (Å²) in [6, 6.07) is 0. The maximum Gasteiger partial charge on any atom is 0.417 e. The van der Waals surface area contributed by atoms with Gasteiger partial charge < -0.3 is 20.4 Å². The van der Waals surface area contributed by atoms with E-state index in [9.17, 15) is 19.2 Å². The van der Waals surface area contributed by atoms with E-state index in [1.54, 1.807) is 0 Å². The second kappa shape index (κ2) is 5.14. The summed E-state index contributed by atoms with van der Waals surface area (Å²) in [6.07, 6.45) is -5.71. The fourth-order valence-electron chi connectivity index (χ4n) is 1.38. The zero-order valence-corrected chi connectivity index (χ0v) is 8.78. The van der Waals surface area contributed by atoms with E-state index in [1.807, 2.05) is 0 Å². The van der Waals surface area contributed by atoms with Crippen molar-refractivity contribution in [3.8, 4) is 0 Å². The number of nitrogens with zero attached hydrogens (tertiary/aromatic N) is 1. The third-order valence-electron chi connectivity index (χ3n) is 2.24. The number of amides is 2. The summed E-state index contributed by atoms with van der Waals surface area (Å²) in [6.45, 7) is 1.19. The molecule has 9 nitrogen and oxygen atoms in total. The summed E-state index contributed by atoms with van der Waals surface area (Å²) in [5.41, 5.74) is -2.52. The van der Waals surface area contributed by atoms with Crippen LogP contribution in [0.5, 0.6) is 0 Å². The van der Waals surface area contributed by atoms with Gasteiger partial charge in [-0.25, -0.2) is 14.4 Å². The molecular formula is C8H11NO8. The molecule has 17 heavy (non-hydrogen) atoms. The Bertz CT molecular complexity index is 351. The van der Waals surface area contributed by atoms with Crippen LogP contribution in [0.25, 0.3) is 0 Å². The van der Waals surface area contributed by atoms with Gasteiger partial charge in [0.1, 0.15) is 0 Å². The quantitative estimate of drug-likeness (QED) is 0.544. The van der Waals surface area contributed by atoms with Crippen molar-refractivity contribution in [2.24, 2.45) is 0 Å². The number of carboxylic acid groups (broad SMARTS) is 4. The summed E-state index contributed by atoms with van der Waals surface area (Å²) >= 11 is 0. The number of carbonyl (C=O) groups is 4. The third kappa shape index (κ3) is 2.83. The third-order valence-corrected chi connectivity index (χ3v) is 2.24. The Labute approximate surface area is 94.9 Å². The molecule has 9 heteroatoms. The molecule has 0 aliphatic rings. The zero-order valence-electron chi connectivity index (χ0n) is 8.78. The minimum absolute atomic E-state index is 0.399. The van der Waals surface area contributed by atoms with Gasteiger partial charge in [-0.15, -0.1) is 0 Å². The molecule has 4 N–H and O–H groups in total. The number of hydrogen-bond donors (Lipinski definition) is 4. The number of imide groups is 1. The van der Waals surface area contributed by atoms with Crippen molar-refractivity contribution < 1.29 is 39.6 Å². The highest BCUT2D eigenvalue weighted by Gasteiger charge is 2.51. The minimum atomic E-state index is -2.52. The van der Waals surface area contributed by atoms with Crippen LogP contribution in [0.1, 0.15) is 19.8 Å². The van der Waals surface area contributed by atoms with Gasteiger partial charge in [0.05, 0.1) is 6.42 Å². The number of rotatable bonds is 5. The molecule has 0 aromatic carbocycles. The summed E-state index contributed by atoms with van der Waals surface area (Å²) in [7, 11) is 0. The predicted octanol–water partition coefficient (Wildman–Crippen LogP) is 0.353. The predicted molar refractivity (Wildman–Crippen MR) is 50.8 cm³/mol. The number of carboxylic acids is 2. The van der Waals surface area contributed by atoms with Gasteiger partial charge in [-0.3, -0.25) is 4.79 Å². The lowest BCUT2D eigenvalue weighted by molar-refractivity contribution is -0.156. The lowest BCUT2D eigenvalue weighted by Crippen LogP contribution is -2.59. The normalized spacial score (nSPS) is 13.5. The average molecular weight is 249 g/mol. The van der Waals surface area contributed by atoms with Crippen molar-refractivity contribution >= 4 is 24.1 Å². The van der Waals surface area contributed by atoms with E-state index in [1.165, 1.54) is 6.92 Å². The van der Waals surface area contributed by atoms with E-state index in [4.69, 9.17) is 20.4 Å². The first-order valence-electron chi connectivity index (χ1n) is 4.40. The fraction of sp³-hybridized carbons (Fsp3) is 0.500. The lowest BCUT2D eigenvalue weighted by Gasteiger charge is -2.33. The Kier molecular flexibility index (Phi) is 4.44. The highest BCUT2D eigenvalue weighted by molar-refractivity contribution is 5.96. The van der Waals surface area contributed by atoms with E-state index in [0.717, 1.165) is 0 Å². The molecule has 0 rings (SSSR count). The van der Waals surface area contributed by atoms with E-state index in [-0.39, 0.29) is 0 Å². The summed E-state index contributed by atoms with van der Waals surface area (Å²) in [4.78, 5) is 42.6. The number of aliphatic carboxylic acids is 2. The maximum atomic E-state index is 11.0. The first-order valence-corrected chi connectivity index (χ1v) is 4.40. The Morgan fingerprint density at radius 2 is 1.41 bits per heavy atom. The van der Waals surface area contributed by atoms with Gasteiger partial charge in [0.2, 0.25) is 0 Å². The van der Waals surface area contributed by atoms with Gasteiger partial charge in [0.25, 0.3) is 0 Å². The van der Waals surface area contributed by atoms with Crippen molar-refractivity contribution in [3.05, 3.63) is 0 Å². The average Bonchev–Trinajstić information content (AvgIpc) is 2.13. The highest BCUT2D eigenvalue weighted by atomic mass is 16.4. The Balaban J connectivity index is 5.70. The van der Waals surface area contributed by atoms with Crippen LogP contribution in [-0.4, -0.2) is 55.0 Å². The molecule has 0 fully saturated rings. The first kappa shape index (κ1) is 14.7. The van der Waals surface area contributed by atoms with Crippen molar-refractivity contribution in [1.29, 1.82) is 0 Å². The molecule has 0 aliphatic carbocycles. The fourth-order valence-corrected chi connectivity index (χ4v) is 1.38. The molecule has 96 valence electrons. The zero-order chi connectivity index (χ0) is 13.8. The molecule has 0 unspecified atom stereocenters. The molecule has 0 aromatic heterocycles. The smallest absolute Gasteiger partial charge is 0.417 e. The van der Waals surface area contributed by atoms with E-state index in [0.29, 0.717) is 0 Å². The molecule has 2 amide bonds. The molecular weight excluding hydrogens is 238 g/mol. The van der Waals surface area contributed by atoms with Gasteiger partial charge >= 0.3 is 24.1 Å². The van der Waals surface area contributed by atoms with E-state index < -0.39 is 47.4 Å². The summed E-state index contributed by atoms with van der Waals surface area (Å²) in [5, 5.41) is 34.8. The topological polar surface area (TPSA) is 152 Å². The van der Waals surface area contributed by atoms with Gasteiger partial charge in [0, 0.05) is 0 Å². The van der Waals surface area contributed by atoms with Crippen molar-refractivity contribution in [2.75, 3.05) is 0 Å². The van der Waals surface area contributed by atoms with Crippen LogP contribution in [0.4, 0.5) is 9.59 Å². The van der Waals surface area contributed by atoms with Crippen molar-refractivity contribution in [3.63, 3.8) is 0 Å². The minimum Gasteiger partial charge on any atom is -0.481 e. The Hall–Kier alpha value is -2.32. The summed E-state index contributed by atoms with van der Waals surface area (Å²) < 4.78 is 0. The van der Waals surface area contributed by atoms with Crippen LogP contribution in [0.3, 0.4) is 0 Å². The van der Waals surface area contributed by atoms with Crippen LogP contribution in [0, 0.1) is 0 Å². The second-order valence-corrected chi connectivity index (χ2v) is 3.16. The van der Waals surface area contributed by atoms with Crippen LogP contribution in [0.2, 0.25) is 0 Å². The molecule has 0 aliphatic heterocycles. The van der Waals surface area contributed by atoms with E-state index in [2.05, 4.69) is 0 Å². The lowest BCUT2D eigenvalue weighted by atomic mass is 9.90. The summed E-state index contributed by atoms with van der Waals surface area (Å²) in [5.74, 6) is -3.44. The maximum absolute atomic E-state index is 11.0. The van der Waals surface area contributed by atoms with Crippen LogP contribution >= 0.6 is 0 Å². The molecule has 0 radical (unpaired) electrons. The highest BCUT2D eigenvalue weighted by Crippen LogP contribution is 2.25. The molecule has 0 heterocycles. The standard InChI is InChI=1S/C8H11NO8/c1-2-8(5(12)13,3-4(10)11)9(6(14)15)7(16)17/h2-3H2,1H3,(H,10,11)(H,12,13)(H,14,15)(H,16,17)/t8-/m0/s1. The van der Waals surface area contributed by atoms with Gasteiger partial charge in [-0.1, -0.05) is 6.92 Å². The molecule has 0 spiro atoms. The first-order chi connectivity index (χ1) is 7.69. The van der Waals surface area contributed by atoms with Crippen LogP contribution < -0.4 is 0 Å². The van der Waals surface area contributed by atoms with Crippen molar-refractivity contribution in [1.82, 2.24) is 4.90 Å². The van der Waals surface area contributed by atoms with E-state index >= 15 is 0 Å². The van der Waals surface area contributed by atoms with Gasteiger partial charge in [-0.05, 0) is 6.42 Å². The van der Waals surface area contributed by atoms with Crippen LogP contribution in [0.15, 0.2) is 0 Å². The van der Waals surface area contributed by atoms with Gasteiger partial charge in [0.15, 0.2) is 5.54 Å². The Morgan fingerprint density at radius 1 is 1.00 bits per heavy atom. The largest absolute Gasteiger partial charge is 0.481 e. The van der Waals surface area contributed by atoms with Gasteiger partial charge in [-0.2, -0.15) is 4.90 Å². The molecule has 0 aromatic rings. The molecule has 0 bridgehead atoms. The second-order valence-electron chi connectivity index (χ2n) is 3.16. The molecule has 0 saturated carbocycles. The number of hydrogen-bond acceptors (Lipinski definition) is 4. The van der Waals surface area contributed by atoms with Crippen LogP contribution in [-0.2, 0) is 9.59 Å². The SMILES string of the molecule is CC[C@](CC(=O)O)(C(=O)O)N(C(=O)O)C(=O)O. The monoisotopic (exact) mass is 249 g/mol. The molecule has 1 atom stereocenters. The molecule has 0 saturated heterocycles. The Morgan fingerprint density at radius 3 is 1.59 bits per heavy atom. The van der Waals surface area contributed by atoms with Crippen molar-refractivity contribution in [2.45, 2.75) is 25.3 Å².